The lowest BCUT2D eigenvalue weighted by Crippen LogP contribution is -2.29. The first-order valence-electron chi connectivity index (χ1n) is 6.59. The Morgan fingerprint density at radius 2 is 2.26 bits per heavy atom. The molecule has 0 fully saturated rings. The van der Waals surface area contributed by atoms with Gasteiger partial charge in [-0.2, -0.15) is 5.10 Å². The van der Waals surface area contributed by atoms with E-state index in [0.29, 0.717) is 5.69 Å². The molecule has 0 spiro atoms. The molecular weight excluding hydrogens is 371 g/mol. The Labute approximate surface area is 139 Å². The van der Waals surface area contributed by atoms with Crippen LogP contribution in [0.5, 0.6) is 0 Å². The normalized spacial score (nSPS) is 11.5. The summed E-state index contributed by atoms with van der Waals surface area (Å²) in [5.41, 5.74) is 1.17. The average Bonchev–Trinajstić information content (AvgIpc) is 2.87. The minimum atomic E-state index is -1.27. The number of carboxylic acid groups (broad SMARTS) is 1. The lowest BCUT2D eigenvalue weighted by molar-refractivity contribution is 0.195. The van der Waals surface area contributed by atoms with E-state index in [1.807, 2.05) is 18.3 Å². The van der Waals surface area contributed by atoms with Crippen LogP contribution in [0.2, 0.25) is 0 Å². The van der Waals surface area contributed by atoms with Crippen LogP contribution in [0.3, 0.4) is 0 Å². The van der Waals surface area contributed by atoms with Crippen molar-refractivity contribution in [1.29, 1.82) is 0 Å². The van der Waals surface area contributed by atoms with Crippen molar-refractivity contribution in [2.75, 3.05) is 6.54 Å². The van der Waals surface area contributed by atoms with Crippen molar-refractivity contribution < 1.29 is 14.3 Å². The molecule has 1 heterocycles. The first-order chi connectivity index (χ1) is 10.9. The van der Waals surface area contributed by atoms with E-state index in [1.165, 1.54) is 10.9 Å². The van der Waals surface area contributed by atoms with Crippen LogP contribution >= 0.6 is 15.9 Å². The Bertz CT molecular complexity index is 813. The number of carbonyl (C=O) groups is 1. The quantitative estimate of drug-likeness (QED) is 0.826. The number of benzene rings is 1. The van der Waals surface area contributed by atoms with Crippen LogP contribution in [-0.4, -0.2) is 32.1 Å². The van der Waals surface area contributed by atoms with Crippen LogP contribution < -0.4 is 11.0 Å². The van der Waals surface area contributed by atoms with Crippen molar-refractivity contribution in [3.8, 4) is 5.69 Å². The van der Waals surface area contributed by atoms with Crippen LogP contribution in [0.15, 0.2) is 45.7 Å². The molecule has 0 saturated carbocycles. The minimum absolute atomic E-state index is 0.0886. The molecule has 0 saturated heterocycles. The fraction of sp³-hybridized carbons (Fsp3) is 0.214. The molecule has 0 atom stereocenters. The lowest BCUT2D eigenvalue weighted by atomic mass is 10.2. The van der Waals surface area contributed by atoms with E-state index >= 15 is 0 Å². The van der Waals surface area contributed by atoms with Crippen molar-refractivity contribution in [1.82, 2.24) is 19.7 Å². The number of rotatable bonds is 5. The van der Waals surface area contributed by atoms with Gasteiger partial charge in [0.15, 0.2) is 0 Å². The van der Waals surface area contributed by atoms with Gasteiger partial charge in [-0.05, 0) is 30.2 Å². The van der Waals surface area contributed by atoms with E-state index in [-0.39, 0.29) is 25.0 Å². The monoisotopic (exact) mass is 384 g/mol. The molecule has 0 aliphatic carbocycles. The Hall–Kier alpha value is -2.42. The van der Waals surface area contributed by atoms with Gasteiger partial charge < -0.3 is 10.4 Å². The van der Waals surface area contributed by atoms with Crippen LogP contribution in [0, 0.1) is 6.92 Å². The lowest BCUT2D eigenvalue weighted by Gasteiger charge is -2.07. The largest absolute Gasteiger partial charge is 0.465 e. The van der Waals surface area contributed by atoms with Gasteiger partial charge in [-0.15, -0.1) is 0 Å². The van der Waals surface area contributed by atoms with Gasteiger partial charge in [0.1, 0.15) is 6.33 Å². The second-order valence-electron chi connectivity index (χ2n) is 4.75. The van der Waals surface area contributed by atoms with E-state index in [9.17, 15) is 14.0 Å². The number of hydrogen-bond acceptors (Lipinski definition) is 3. The zero-order chi connectivity index (χ0) is 17.0. The SMILES string of the molecule is Cc1c(Br)cccc1-n1cnn(C/C(=C/F)CNC(=O)O)c1=O. The molecule has 0 unspecified atom stereocenters. The molecule has 122 valence electrons. The number of hydrogen-bond donors (Lipinski definition) is 2. The molecule has 0 aliphatic heterocycles. The Balaban J connectivity index is 2.28. The van der Waals surface area contributed by atoms with E-state index < -0.39 is 11.8 Å². The highest BCUT2D eigenvalue weighted by Gasteiger charge is 2.12. The second-order valence-corrected chi connectivity index (χ2v) is 5.61. The van der Waals surface area contributed by atoms with Gasteiger partial charge >= 0.3 is 11.8 Å². The zero-order valence-corrected chi connectivity index (χ0v) is 13.7. The number of halogens is 2. The van der Waals surface area contributed by atoms with Crippen molar-refractivity contribution in [2.24, 2.45) is 0 Å². The number of amides is 1. The van der Waals surface area contributed by atoms with Crippen LogP contribution in [0.4, 0.5) is 9.18 Å². The highest BCUT2D eigenvalue weighted by molar-refractivity contribution is 9.10. The van der Waals surface area contributed by atoms with Crippen molar-refractivity contribution in [2.45, 2.75) is 13.5 Å². The topological polar surface area (TPSA) is 89.2 Å². The summed E-state index contributed by atoms with van der Waals surface area (Å²) in [5, 5.41) is 14.5. The maximum atomic E-state index is 12.8. The van der Waals surface area contributed by atoms with Crippen molar-refractivity contribution >= 4 is 22.0 Å². The fourth-order valence-electron chi connectivity index (χ4n) is 1.98. The summed E-state index contributed by atoms with van der Waals surface area (Å²) in [6, 6.07) is 5.42. The maximum absolute atomic E-state index is 12.8. The minimum Gasteiger partial charge on any atom is -0.465 e. The molecule has 2 aromatic rings. The van der Waals surface area contributed by atoms with Crippen LogP contribution in [-0.2, 0) is 6.54 Å². The van der Waals surface area contributed by atoms with Gasteiger partial charge in [-0.3, -0.25) is 0 Å². The smallest absolute Gasteiger partial charge is 0.404 e. The molecule has 2 N–H and O–H groups in total. The molecule has 2 rings (SSSR count). The summed E-state index contributed by atoms with van der Waals surface area (Å²) in [4.78, 5) is 22.8. The van der Waals surface area contributed by atoms with Gasteiger partial charge in [-0.25, -0.2) is 23.2 Å². The van der Waals surface area contributed by atoms with Crippen molar-refractivity contribution in [3.05, 3.63) is 56.9 Å². The summed E-state index contributed by atoms with van der Waals surface area (Å²) in [6.45, 7) is 1.49. The summed E-state index contributed by atoms with van der Waals surface area (Å²) in [5.74, 6) is 0. The second kappa shape index (κ2) is 7.23. The molecule has 0 aliphatic rings. The Morgan fingerprint density at radius 3 is 2.91 bits per heavy atom. The van der Waals surface area contributed by atoms with Gasteiger partial charge in [-0.1, -0.05) is 22.0 Å². The number of nitrogens with zero attached hydrogens (tertiary/aromatic N) is 3. The third-order valence-electron chi connectivity index (χ3n) is 3.21. The van der Waals surface area contributed by atoms with Crippen LogP contribution in [0.25, 0.3) is 5.69 Å². The highest BCUT2D eigenvalue weighted by atomic mass is 79.9. The molecule has 0 bridgehead atoms. The molecular formula is C14H14BrFN4O3. The summed E-state index contributed by atoms with van der Waals surface area (Å²) in [7, 11) is 0. The van der Waals surface area contributed by atoms with E-state index in [4.69, 9.17) is 5.11 Å². The first kappa shape index (κ1) is 16.9. The van der Waals surface area contributed by atoms with E-state index in [0.717, 1.165) is 14.7 Å². The predicted octanol–water partition coefficient (Wildman–Crippen LogP) is 2.23. The average molecular weight is 385 g/mol. The zero-order valence-electron chi connectivity index (χ0n) is 12.2. The molecule has 1 aromatic carbocycles. The predicted molar refractivity (Wildman–Crippen MR) is 85.5 cm³/mol. The summed E-state index contributed by atoms with van der Waals surface area (Å²) in [6.07, 6.45) is 0.343. The van der Waals surface area contributed by atoms with Gasteiger partial charge in [0.25, 0.3) is 0 Å². The van der Waals surface area contributed by atoms with Crippen molar-refractivity contribution in [3.63, 3.8) is 0 Å². The summed E-state index contributed by atoms with van der Waals surface area (Å²) < 4.78 is 16.1. The third-order valence-corrected chi connectivity index (χ3v) is 4.06. The number of nitrogens with one attached hydrogen (secondary N) is 1. The molecule has 0 radical (unpaired) electrons. The Morgan fingerprint density at radius 1 is 1.52 bits per heavy atom. The first-order valence-corrected chi connectivity index (χ1v) is 7.38. The third kappa shape index (κ3) is 3.86. The molecule has 23 heavy (non-hydrogen) atoms. The molecule has 1 amide bonds. The summed E-state index contributed by atoms with van der Waals surface area (Å²) >= 11 is 3.40. The number of aromatic nitrogens is 3. The standard InChI is InChI=1S/C14H14BrFN4O3/c1-9-11(15)3-2-4-12(9)19-8-18-20(14(19)23)7-10(5-16)6-17-13(21)22/h2-5,8,17H,6-7H2,1H3,(H,21,22)/b10-5+. The van der Waals surface area contributed by atoms with Gasteiger partial charge in [0.05, 0.1) is 18.6 Å². The molecule has 1 aromatic heterocycles. The van der Waals surface area contributed by atoms with Crippen LogP contribution in [0.1, 0.15) is 5.56 Å². The molecule has 7 nitrogen and oxygen atoms in total. The highest BCUT2D eigenvalue weighted by Crippen LogP contribution is 2.21. The molecule has 9 heteroatoms. The van der Waals surface area contributed by atoms with Gasteiger partial charge in [0, 0.05) is 11.0 Å². The van der Waals surface area contributed by atoms with E-state index in [2.05, 4.69) is 21.0 Å². The fourth-order valence-corrected chi connectivity index (χ4v) is 2.33. The Kier molecular flexibility index (Phi) is 5.32. The van der Waals surface area contributed by atoms with Gasteiger partial charge in [0.2, 0.25) is 0 Å². The van der Waals surface area contributed by atoms with E-state index in [1.54, 1.807) is 12.1 Å². The maximum Gasteiger partial charge on any atom is 0.404 e.